The molecule has 1 heterocycles. The predicted octanol–water partition coefficient (Wildman–Crippen LogP) is 7.69. The summed E-state index contributed by atoms with van der Waals surface area (Å²) < 4.78 is 236. The minimum Gasteiger partial charge on any atom is -0.494 e. The molecule has 0 aromatic heterocycles. The summed E-state index contributed by atoms with van der Waals surface area (Å²) in [5.74, 6) is -56.3. The minimum atomic E-state index is -8.63. The van der Waals surface area contributed by atoms with Crippen LogP contribution in [0.2, 0.25) is 0 Å². The molecule has 0 N–H and O–H groups in total. The number of nitrogens with zero attached hydrogens (tertiary/aromatic N) is 1. The molecular formula is C22H20F17NO2. The van der Waals surface area contributed by atoms with Crippen molar-refractivity contribution in [1.82, 2.24) is 4.90 Å². The van der Waals surface area contributed by atoms with Crippen LogP contribution in [-0.4, -0.2) is 85.4 Å². The van der Waals surface area contributed by atoms with E-state index >= 15 is 0 Å². The first-order chi connectivity index (χ1) is 18.8. The molecule has 1 aliphatic heterocycles. The van der Waals surface area contributed by atoms with E-state index in [1.54, 1.807) is 0 Å². The van der Waals surface area contributed by atoms with Gasteiger partial charge in [0.1, 0.15) is 5.75 Å². The lowest BCUT2D eigenvalue weighted by molar-refractivity contribution is -0.461. The van der Waals surface area contributed by atoms with Gasteiger partial charge in [-0.25, -0.2) is 0 Å². The van der Waals surface area contributed by atoms with E-state index in [2.05, 4.69) is 0 Å². The van der Waals surface area contributed by atoms with Gasteiger partial charge in [0.2, 0.25) is 0 Å². The third-order valence-corrected chi connectivity index (χ3v) is 6.12. The molecule has 20 heteroatoms. The van der Waals surface area contributed by atoms with Crippen molar-refractivity contribution in [1.29, 1.82) is 0 Å². The molecule has 1 fully saturated rings. The average molecular weight is 653 g/mol. The Morgan fingerprint density at radius 2 is 1.02 bits per heavy atom. The normalized spacial score (nSPS) is 17.5. The van der Waals surface area contributed by atoms with Gasteiger partial charge in [0.15, 0.2) is 0 Å². The number of ether oxygens (including phenoxy) is 2. The van der Waals surface area contributed by atoms with Crippen LogP contribution in [0.15, 0.2) is 24.3 Å². The second-order valence-corrected chi connectivity index (χ2v) is 9.13. The second kappa shape index (κ2) is 11.7. The molecule has 2 rings (SSSR count). The molecule has 1 saturated heterocycles. The van der Waals surface area contributed by atoms with Gasteiger partial charge in [0, 0.05) is 26.1 Å². The van der Waals surface area contributed by atoms with Gasteiger partial charge < -0.3 is 9.47 Å². The third-order valence-electron chi connectivity index (χ3n) is 6.12. The van der Waals surface area contributed by atoms with Crippen LogP contribution in [-0.2, 0) is 11.3 Å². The standard InChI is InChI=1S/C22H20F17NO2/c23-15(24,6-1-9-42-14-4-2-13(3-5-14)12-40-7-10-41-11-8-40)16(25,26)17(27,28)18(29,30)19(31,32)20(33,34)21(35,36)22(37,38)39/h2-5H,1,6-12H2. The van der Waals surface area contributed by atoms with Gasteiger partial charge in [-0.3, -0.25) is 4.90 Å². The Balaban J connectivity index is 2.12. The van der Waals surface area contributed by atoms with E-state index in [0.717, 1.165) is 5.56 Å². The fraction of sp³-hybridized carbons (Fsp3) is 0.727. The molecule has 0 bridgehead atoms. The molecular weight excluding hydrogens is 633 g/mol. The summed E-state index contributed by atoms with van der Waals surface area (Å²) in [6.45, 7) is 1.74. The first-order valence-corrected chi connectivity index (χ1v) is 11.5. The van der Waals surface area contributed by atoms with E-state index < -0.39 is 67.1 Å². The smallest absolute Gasteiger partial charge is 0.460 e. The van der Waals surface area contributed by atoms with Crippen LogP contribution < -0.4 is 4.74 Å². The van der Waals surface area contributed by atoms with Crippen molar-refractivity contribution < 1.29 is 84.1 Å². The molecule has 244 valence electrons. The Labute approximate surface area is 225 Å². The van der Waals surface area contributed by atoms with Crippen molar-refractivity contribution in [2.75, 3.05) is 32.9 Å². The Morgan fingerprint density at radius 3 is 1.48 bits per heavy atom. The maximum Gasteiger partial charge on any atom is 0.460 e. The van der Waals surface area contributed by atoms with E-state index in [1.807, 2.05) is 4.90 Å². The summed E-state index contributed by atoms with van der Waals surface area (Å²) in [6.07, 6.45) is -11.7. The predicted molar refractivity (Wildman–Crippen MR) is 108 cm³/mol. The molecule has 1 aromatic carbocycles. The van der Waals surface area contributed by atoms with Crippen LogP contribution in [0.3, 0.4) is 0 Å². The molecule has 0 saturated carbocycles. The SMILES string of the molecule is FC(F)(F)C(F)(F)C(F)(F)C(F)(F)C(F)(F)C(F)(F)C(F)(F)C(F)(F)CCCOc1ccc(CN2CCOCC2)cc1. The number of alkyl halides is 17. The zero-order chi connectivity index (χ0) is 32.6. The molecule has 1 aromatic rings. The van der Waals surface area contributed by atoms with Crippen LogP contribution in [0.4, 0.5) is 74.6 Å². The largest absolute Gasteiger partial charge is 0.494 e. The number of rotatable bonds is 13. The number of halogens is 17. The number of hydrogen-bond acceptors (Lipinski definition) is 3. The van der Waals surface area contributed by atoms with Gasteiger partial charge in [0.25, 0.3) is 0 Å². The molecule has 3 nitrogen and oxygen atoms in total. The Hall–Kier alpha value is -2.25. The van der Waals surface area contributed by atoms with Crippen molar-refractivity contribution in [3.05, 3.63) is 29.8 Å². The molecule has 0 amide bonds. The van der Waals surface area contributed by atoms with Gasteiger partial charge in [-0.1, -0.05) is 12.1 Å². The van der Waals surface area contributed by atoms with Crippen molar-refractivity contribution in [3.63, 3.8) is 0 Å². The zero-order valence-corrected chi connectivity index (χ0v) is 20.7. The van der Waals surface area contributed by atoms with E-state index in [0.29, 0.717) is 32.8 Å². The molecule has 1 aliphatic rings. The van der Waals surface area contributed by atoms with Crippen LogP contribution in [0.1, 0.15) is 18.4 Å². The first-order valence-electron chi connectivity index (χ1n) is 11.5. The Kier molecular flexibility index (Phi) is 10.00. The van der Waals surface area contributed by atoms with Gasteiger partial charge in [-0.05, 0) is 24.1 Å². The molecule has 0 unspecified atom stereocenters. The van der Waals surface area contributed by atoms with Gasteiger partial charge in [-0.15, -0.1) is 0 Å². The van der Waals surface area contributed by atoms with E-state index in [-0.39, 0.29) is 5.75 Å². The molecule has 0 aliphatic carbocycles. The molecule has 42 heavy (non-hydrogen) atoms. The monoisotopic (exact) mass is 653 g/mol. The van der Waals surface area contributed by atoms with Crippen LogP contribution in [0.5, 0.6) is 5.75 Å². The number of hydrogen-bond donors (Lipinski definition) is 0. The maximum atomic E-state index is 13.9. The van der Waals surface area contributed by atoms with Gasteiger partial charge >= 0.3 is 47.6 Å². The summed E-state index contributed by atoms with van der Waals surface area (Å²) in [5.41, 5.74) is 0.744. The summed E-state index contributed by atoms with van der Waals surface area (Å²) in [6, 6.07) is 5.59. The lowest BCUT2D eigenvalue weighted by Crippen LogP contribution is -2.74. The van der Waals surface area contributed by atoms with Crippen molar-refractivity contribution in [3.8, 4) is 5.75 Å². The Bertz CT molecular complexity index is 1030. The van der Waals surface area contributed by atoms with Crippen molar-refractivity contribution >= 4 is 0 Å². The number of morpholine rings is 1. The summed E-state index contributed by atoms with van der Waals surface area (Å²) in [7, 11) is 0. The highest BCUT2D eigenvalue weighted by atomic mass is 19.4. The van der Waals surface area contributed by atoms with Crippen molar-refractivity contribution in [2.24, 2.45) is 0 Å². The highest BCUT2D eigenvalue weighted by Gasteiger charge is 2.95. The fourth-order valence-electron chi connectivity index (χ4n) is 3.55. The zero-order valence-electron chi connectivity index (χ0n) is 20.7. The highest BCUT2D eigenvalue weighted by Crippen LogP contribution is 2.64. The highest BCUT2D eigenvalue weighted by molar-refractivity contribution is 5.27. The lowest BCUT2D eigenvalue weighted by atomic mass is 9.88. The molecule has 0 radical (unpaired) electrons. The first kappa shape index (κ1) is 35.9. The number of benzene rings is 1. The third kappa shape index (κ3) is 6.19. The van der Waals surface area contributed by atoms with Gasteiger partial charge in [-0.2, -0.15) is 74.6 Å². The lowest BCUT2D eigenvalue weighted by Gasteiger charge is -2.42. The average Bonchev–Trinajstić information content (AvgIpc) is 2.86. The minimum absolute atomic E-state index is 0.0693. The summed E-state index contributed by atoms with van der Waals surface area (Å²) in [4.78, 5) is 2.01. The van der Waals surface area contributed by atoms with Crippen molar-refractivity contribution in [2.45, 2.75) is 67.0 Å². The molecule has 0 spiro atoms. The Morgan fingerprint density at radius 1 is 0.595 bits per heavy atom. The van der Waals surface area contributed by atoms with E-state index in [4.69, 9.17) is 9.47 Å². The van der Waals surface area contributed by atoms with Crippen LogP contribution >= 0.6 is 0 Å². The second-order valence-electron chi connectivity index (χ2n) is 9.13. The quantitative estimate of drug-likeness (QED) is 0.161. The fourth-order valence-corrected chi connectivity index (χ4v) is 3.55. The van der Waals surface area contributed by atoms with Crippen LogP contribution in [0, 0.1) is 0 Å². The van der Waals surface area contributed by atoms with Gasteiger partial charge in [0.05, 0.1) is 19.8 Å². The topological polar surface area (TPSA) is 21.7 Å². The van der Waals surface area contributed by atoms with E-state index in [1.165, 1.54) is 24.3 Å². The summed E-state index contributed by atoms with van der Waals surface area (Å²) in [5, 5.41) is 0. The molecule has 0 atom stereocenters. The van der Waals surface area contributed by atoms with E-state index in [9.17, 15) is 74.6 Å². The summed E-state index contributed by atoms with van der Waals surface area (Å²) >= 11 is 0. The maximum absolute atomic E-state index is 13.9. The van der Waals surface area contributed by atoms with Crippen LogP contribution in [0.25, 0.3) is 0 Å².